The Morgan fingerprint density at radius 3 is 2.61 bits per heavy atom. The average Bonchev–Trinajstić information content (AvgIpc) is 2.57. The Bertz CT molecular complexity index is 553. The maximum Gasteiger partial charge on any atom is 0.266 e. The van der Waals surface area contributed by atoms with Crippen molar-refractivity contribution in [3.8, 4) is 0 Å². The van der Waals surface area contributed by atoms with E-state index < -0.39 is 11.9 Å². The monoisotopic (exact) mass is 341 g/mol. The molecule has 1 heterocycles. The quantitative estimate of drug-likeness (QED) is 0.478. The Morgan fingerprint density at radius 2 is 2.00 bits per heavy atom. The Hall–Kier alpha value is -1.63. The van der Waals surface area contributed by atoms with Crippen LogP contribution in [-0.2, 0) is 22.6 Å². The molecule has 6 nitrogen and oxygen atoms in total. The van der Waals surface area contributed by atoms with E-state index in [0.717, 1.165) is 12.0 Å². The van der Waals surface area contributed by atoms with Crippen LogP contribution in [0.5, 0.6) is 0 Å². The van der Waals surface area contributed by atoms with Gasteiger partial charge in [-0.25, -0.2) is 5.48 Å². The molecule has 23 heavy (non-hydrogen) atoms. The number of fused-ring (bicyclic) bond motifs is 1. The molecular weight excluding hydrogens is 318 g/mol. The zero-order chi connectivity index (χ0) is 16.1. The number of nitrogens with one attached hydrogen (secondary N) is 3. The van der Waals surface area contributed by atoms with E-state index in [-0.39, 0.29) is 30.3 Å². The van der Waals surface area contributed by atoms with Gasteiger partial charge in [0.25, 0.3) is 5.91 Å². The Balaban J connectivity index is 0.00000264. The summed E-state index contributed by atoms with van der Waals surface area (Å²) in [6.07, 6.45) is 1.31. The van der Waals surface area contributed by atoms with Crippen molar-refractivity contribution in [2.45, 2.75) is 45.3 Å². The van der Waals surface area contributed by atoms with Crippen molar-refractivity contribution in [2.24, 2.45) is 5.92 Å². The first kappa shape index (κ1) is 19.4. The lowest BCUT2D eigenvalue weighted by atomic mass is 9.94. The van der Waals surface area contributed by atoms with Gasteiger partial charge in [0.2, 0.25) is 5.91 Å². The van der Waals surface area contributed by atoms with Gasteiger partial charge >= 0.3 is 0 Å². The first-order chi connectivity index (χ1) is 10.6. The molecule has 0 saturated heterocycles. The summed E-state index contributed by atoms with van der Waals surface area (Å²) < 4.78 is 0. The standard InChI is InChI=1S/C16H23N3O3.ClH/c1-3-10(2)14(16(21)19-22)18-15(20)13-8-11-6-4-5-7-12(11)9-17-13;/h4-7,10,13-14,17,22H,3,8-9H2,1-2H3,(H,18,20)(H,19,21);1H/t10-,13-,14-;/m0./s1. The first-order valence-electron chi connectivity index (χ1n) is 7.61. The van der Waals surface area contributed by atoms with Crippen molar-refractivity contribution < 1.29 is 14.8 Å². The van der Waals surface area contributed by atoms with Crippen LogP contribution in [0.15, 0.2) is 24.3 Å². The number of hydrogen-bond acceptors (Lipinski definition) is 4. The fourth-order valence-electron chi connectivity index (χ4n) is 2.67. The van der Waals surface area contributed by atoms with Gasteiger partial charge in [0.05, 0.1) is 6.04 Å². The minimum atomic E-state index is -0.735. The highest BCUT2D eigenvalue weighted by Gasteiger charge is 2.30. The fourth-order valence-corrected chi connectivity index (χ4v) is 2.67. The van der Waals surface area contributed by atoms with Gasteiger partial charge in [0.1, 0.15) is 6.04 Å². The highest BCUT2D eigenvalue weighted by atomic mass is 35.5. The molecule has 0 spiro atoms. The highest BCUT2D eigenvalue weighted by Crippen LogP contribution is 2.17. The molecule has 1 aromatic rings. The number of halogens is 1. The van der Waals surface area contributed by atoms with Crippen LogP contribution in [0.3, 0.4) is 0 Å². The summed E-state index contributed by atoms with van der Waals surface area (Å²) in [5, 5.41) is 14.8. The summed E-state index contributed by atoms with van der Waals surface area (Å²) in [5.41, 5.74) is 3.97. The number of carbonyl (C=O) groups excluding carboxylic acids is 2. The van der Waals surface area contributed by atoms with Crippen LogP contribution in [0.4, 0.5) is 0 Å². The lowest BCUT2D eigenvalue weighted by Crippen LogP contribution is -2.55. The summed E-state index contributed by atoms with van der Waals surface area (Å²) in [5.74, 6) is -0.866. The zero-order valence-electron chi connectivity index (χ0n) is 13.3. The lowest BCUT2D eigenvalue weighted by Gasteiger charge is -2.28. The Morgan fingerprint density at radius 1 is 1.35 bits per heavy atom. The predicted octanol–water partition coefficient (Wildman–Crippen LogP) is 1.16. The van der Waals surface area contributed by atoms with Crippen LogP contribution >= 0.6 is 12.4 Å². The Kier molecular flexibility index (Phi) is 7.48. The maximum absolute atomic E-state index is 12.4. The number of hydrogen-bond donors (Lipinski definition) is 4. The number of hydroxylamine groups is 1. The van der Waals surface area contributed by atoms with Crippen LogP contribution in [-0.4, -0.2) is 29.1 Å². The van der Waals surface area contributed by atoms with E-state index in [2.05, 4.69) is 10.6 Å². The smallest absolute Gasteiger partial charge is 0.266 e. The van der Waals surface area contributed by atoms with Gasteiger partial charge in [-0.1, -0.05) is 44.5 Å². The van der Waals surface area contributed by atoms with Crippen molar-refractivity contribution in [3.05, 3.63) is 35.4 Å². The second kappa shape index (κ2) is 8.86. The molecule has 0 aliphatic carbocycles. The molecule has 2 rings (SSSR count). The molecule has 0 fully saturated rings. The van der Waals surface area contributed by atoms with Crippen LogP contribution in [0.1, 0.15) is 31.4 Å². The van der Waals surface area contributed by atoms with Crippen LogP contribution in [0, 0.1) is 5.92 Å². The second-order valence-electron chi connectivity index (χ2n) is 5.75. The largest absolute Gasteiger partial charge is 0.343 e. The summed E-state index contributed by atoms with van der Waals surface area (Å²) in [6.45, 7) is 4.43. The Labute approximate surface area is 142 Å². The molecule has 7 heteroatoms. The SMILES string of the molecule is CC[C@H](C)[C@H](NC(=O)[C@@H]1Cc2ccccc2CN1)C(=O)NO.Cl. The number of rotatable bonds is 5. The van der Waals surface area contributed by atoms with E-state index in [4.69, 9.17) is 5.21 Å². The molecule has 0 unspecified atom stereocenters. The molecule has 128 valence electrons. The fraction of sp³-hybridized carbons (Fsp3) is 0.500. The van der Waals surface area contributed by atoms with Gasteiger partial charge in [-0.2, -0.15) is 0 Å². The molecule has 1 aromatic carbocycles. The van der Waals surface area contributed by atoms with Crippen molar-refractivity contribution in [2.75, 3.05) is 0 Å². The van der Waals surface area contributed by atoms with Crippen molar-refractivity contribution in [1.29, 1.82) is 0 Å². The molecule has 1 aliphatic rings. The third kappa shape index (κ3) is 4.67. The normalized spacial score (nSPS) is 18.8. The van der Waals surface area contributed by atoms with E-state index in [0.29, 0.717) is 13.0 Å². The van der Waals surface area contributed by atoms with Crippen LogP contribution in [0.25, 0.3) is 0 Å². The molecule has 1 aliphatic heterocycles. The second-order valence-corrected chi connectivity index (χ2v) is 5.75. The summed E-state index contributed by atoms with van der Waals surface area (Å²) in [6, 6.07) is 6.89. The lowest BCUT2D eigenvalue weighted by molar-refractivity contribution is -0.136. The summed E-state index contributed by atoms with van der Waals surface area (Å²) in [4.78, 5) is 24.2. The summed E-state index contributed by atoms with van der Waals surface area (Å²) in [7, 11) is 0. The number of benzene rings is 1. The average molecular weight is 342 g/mol. The van der Waals surface area contributed by atoms with Crippen molar-refractivity contribution in [1.82, 2.24) is 16.1 Å². The zero-order valence-corrected chi connectivity index (χ0v) is 14.2. The van der Waals surface area contributed by atoms with E-state index in [1.807, 2.05) is 38.1 Å². The molecule has 4 N–H and O–H groups in total. The van der Waals surface area contributed by atoms with Crippen molar-refractivity contribution >= 4 is 24.2 Å². The van der Waals surface area contributed by atoms with E-state index >= 15 is 0 Å². The van der Waals surface area contributed by atoms with Gasteiger partial charge in [-0.05, 0) is 23.5 Å². The molecular formula is C16H24ClN3O3. The first-order valence-corrected chi connectivity index (χ1v) is 7.61. The van der Waals surface area contributed by atoms with Crippen LogP contribution < -0.4 is 16.1 Å². The van der Waals surface area contributed by atoms with Gasteiger partial charge in [-0.15, -0.1) is 12.4 Å². The minimum Gasteiger partial charge on any atom is -0.343 e. The third-order valence-corrected chi connectivity index (χ3v) is 4.30. The molecule has 0 saturated carbocycles. The van der Waals surface area contributed by atoms with Crippen molar-refractivity contribution in [3.63, 3.8) is 0 Å². The van der Waals surface area contributed by atoms with Crippen LogP contribution in [0.2, 0.25) is 0 Å². The summed E-state index contributed by atoms with van der Waals surface area (Å²) >= 11 is 0. The maximum atomic E-state index is 12.4. The molecule has 0 aromatic heterocycles. The third-order valence-electron chi connectivity index (χ3n) is 4.30. The van der Waals surface area contributed by atoms with Gasteiger partial charge in [0.15, 0.2) is 0 Å². The molecule has 0 bridgehead atoms. The van der Waals surface area contributed by atoms with Gasteiger partial charge < -0.3 is 10.6 Å². The van der Waals surface area contributed by atoms with Gasteiger partial charge in [-0.3, -0.25) is 14.8 Å². The topological polar surface area (TPSA) is 90.5 Å². The number of carbonyl (C=O) groups is 2. The molecule has 2 amide bonds. The predicted molar refractivity (Wildman–Crippen MR) is 89.3 cm³/mol. The van der Waals surface area contributed by atoms with E-state index in [9.17, 15) is 9.59 Å². The highest BCUT2D eigenvalue weighted by molar-refractivity contribution is 5.89. The number of amides is 2. The molecule has 3 atom stereocenters. The van der Waals surface area contributed by atoms with E-state index in [1.165, 1.54) is 5.56 Å². The van der Waals surface area contributed by atoms with Gasteiger partial charge in [0, 0.05) is 6.54 Å². The minimum absolute atomic E-state index is 0. The molecule has 0 radical (unpaired) electrons. The van der Waals surface area contributed by atoms with E-state index in [1.54, 1.807) is 5.48 Å².